The van der Waals surface area contributed by atoms with Crippen LogP contribution in [-0.4, -0.2) is 84.0 Å². The minimum absolute atomic E-state index is 0.124. The Morgan fingerprint density at radius 2 is 1.92 bits per heavy atom. The minimum Gasteiger partial charge on any atom is -0.360 e. The zero-order valence-corrected chi connectivity index (χ0v) is 14.7. The van der Waals surface area contributed by atoms with E-state index < -0.39 is 5.60 Å². The lowest BCUT2D eigenvalue weighted by atomic mass is 9.76. The van der Waals surface area contributed by atoms with Gasteiger partial charge in [0.25, 0.3) is 0 Å². The molecule has 136 valence electrons. The second-order valence-electron chi connectivity index (χ2n) is 8.24. The molecule has 0 aromatic heterocycles. The topological polar surface area (TPSA) is 53.1 Å². The SMILES string of the molecule is O=C([C@H]1[C@@H]2C=C[C@@]3(CN(CCN4CCCCC4)C(=O)[C@H]13)O2)N1CCC1. The van der Waals surface area contributed by atoms with Crippen molar-refractivity contribution in [2.75, 3.05) is 45.8 Å². The van der Waals surface area contributed by atoms with Crippen LogP contribution < -0.4 is 0 Å². The van der Waals surface area contributed by atoms with Crippen molar-refractivity contribution in [3.8, 4) is 0 Å². The summed E-state index contributed by atoms with van der Waals surface area (Å²) in [7, 11) is 0. The van der Waals surface area contributed by atoms with Gasteiger partial charge in [0.2, 0.25) is 11.8 Å². The summed E-state index contributed by atoms with van der Waals surface area (Å²) in [6.45, 7) is 6.25. The van der Waals surface area contributed by atoms with Gasteiger partial charge in [-0.2, -0.15) is 0 Å². The highest BCUT2D eigenvalue weighted by Gasteiger charge is 2.67. The Labute approximate surface area is 148 Å². The molecular weight excluding hydrogens is 318 g/mol. The van der Waals surface area contributed by atoms with Gasteiger partial charge in [-0.15, -0.1) is 0 Å². The van der Waals surface area contributed by atoms with E-state index in [1.807, 2.05) is 15.9 Å². The lowest BCUT2D eigenvalue weighted by Crippen LogP contribution is -2.50. The van der Waals surface area contributed by atoms with Gasteiger partial charge in [0, 0.05) is 26.2 Å². The van der Waals surface area contributed by atoms with Crippen molar-refractivity contribution in [1.29, 1.82) is 0 Å². The van der Waals surface area contributed by atoms with Crippen molar-refractivity contribution < 1.29 is 14.3 Å². The van der Waals surface area contributed by atoms with Gasteiger partial charge in [0.05, 0.1) is 24.5 Å². The van der Waals surface area contributed by atoms with Crippen LogP contribution in [0.5, 0.6) is 0 Å². The average Bonchev–Trinajstić information content (AvgIpc) is 3.21. The molecule has 5 rings (SSSR count). The first-order valence-electron chi connectivity index (χ1n) is 9.85. The van der Waals surface area contributed by atoms with Crippen molar-refractivity contribution in [2.45, 2.75) is 37.4 Å². The van der Waals surface area contributed by atoms with Crippen LogP contribution in [-0.2, 0) is 14.3 Å². The van der Waals surface area contributed by atoms with Gasteiger partial charge in [-0.05, 0) is 32.4 Å². The first kappa shape index (κ1) is 15.8. The number of carbonyl (C=O) groups excluding carboxylic acids is 2. The molecule has 25 heavy (non-hydrogen) atoms. The largest absolute Gasteiger partial charge is 0.360 e. The number of hydrogen-bond acceptors (Lipinski definition) is 4. The van der Waals surface area contributed by atoms with E-state index in [4.69, 9.17) is 4.74 Å². The Bertz CT molecular complexity index is 611. The number of rotatable bonds is 4. The highest BCUT2D eigenvalue weighted by atomic mass is 16.5. The van der Waals surface area contributed by atoms with E-state index in [-0.39, 0.29) is 29.8 Å². The number of nitrogens with zero attached hydrogens (tertiary/aromatic N) is 3. The summed E-state index contributed by atoms with van der Waals surface area (Å²) < 4.78 is 6.19. The maximum Gasteiger partial charge on any atom is 0.230 e. The summed E-state index contributed by atoms with van der Waals surface area (Å²) in [5.74, 6) is -0.365. The highest BCUT2D eigenvalue weighted by molar-refractivity contribution is 5.93. The van der Waals surface area contributed by atoms with Crippen LogP contribution in [0, 0.1) is 11.8 Å². The fourth-order valence-corrected chi connectivity index (χ4v) is 5.24. The Morgan fingerprint density at radius 1 is 1.12 bits per heavy atom. The number of hydrogen-bond donors (Lipinski definition) is 0. The predicted octanol–water partition coefficient (Wildman–Crippen LogP) is 0.487. The van der Waals surface area contributed by atoms with Crippen LogP contribution in [0.1, 0.15) is 25.7 Å². The predicted molar refractivity (Wildman–Crippen MR) is 91.8 cm³/mol. The maximum absolute atomic E-state index is 13.1. The van der Waals surface area contributed by atoms with Crippen molar-refractivity contribution in [2.24, 2.45) is 11.8 Å². The molecule has 6 nitrogen and oxygen atoms in total. The second-order valence-corrected chi connectivity index (χ2v) is 8.24. The quantitative estimate of drug-likeness (QED) is 0.696. The number of fused-ring (bicyclic) bond motifs is 1. The Kier molecular flexibility index (Phi) is 3.68. The van der Waals surface area contributed by atoms with Crippen LogP contribution in [0.25, 0.3) is 0 Å². The number of ether oxygens (including phenoxy) is 1. The van der Waals surface area contributed by atoms with Crippen LogP contribution in [0.3, 0.4) is 0 Å². The lowest BCUT2D eigenvalue weighted by molar-refractivity contribution is -0.145. The van der Waals surface area contributed by atoms with Crippen LogP contribution in [0.15, 0.2) is 12.2 Å². The van der Waals surface area contributed by atoms with E-state index in [9.17, 15) is 9.59 Å². The van der Waals surface area contributed by atoms with E-state index >= 15 is 0 Å². The molecule has 1 spiro atoms. The number of carbonyl (C=O) groups is 2. The average molecular weight is 345 g/mol. The summed E-state index contributed by atoms with van der Waals surface area (Å²) in [5.41, 5.74) is -0.547. The molecule has 0 aliphatic carbocycles. The molecule has 0 aromatic rings. The van der Waals surface area contributed by atoms with Crippen molar-refractivity contribution in [3.05, 3.63) is 12.2 Å². The molecule has 0 aromatic carbocycles. The van der Waals surface area contributed by atoms with E-state index in [0.717, 1.165) is 45.7 Å². The molecule has 4 fully saturated rings. The van der Waals surface area contributed by atoms with E-state index in [2.05, 4.69) is 11.0 Å². The third-order valence-electron chi connectivity index (χ3n) is 6.77. The van der Waals surface area contributed by atoms with E-state index in [0.29, 0.717) is 6.54 Å². The summed E-state index contributed by atoms with van der Waals surface area (Å²) in [6, 6.07) is 0. The summed E-state index contributed by atoms with van der Waals surface area (Å²) in [4.78, 5) is 32.3. The molecule has 2 bridgehead atoms. The van der Waals surface area contributed by atoms with E-state index in [1.165, 1.54) is 19.3 Å². The van der Waals surface area contributed by atoms with Gasteiger partial charge >= 0.3 is 0 Å². The lowest BCUT2D eigenvalue weighted by Gasteiger charge is -2.35. The van der Waals surface area contributed by atoms with Gasteiger partial charge in [-0.3, -0.25) is 9.59 Å². The third kappa shape index (κ3) is 2.37. The second kappa shape index (κ2) is 5.81. The summed E-state index contributed by atoms with van der Waals surface area (Å²) in [5, 5.41) is 0. The molecular formula is C19H27N3O3. The van der Waals surface area contributed by atoms with Crippen LogP contribution >= 0.6 is 0 Å². The first-order valence-corrected chi connectivity index (χ1v) is 9.85. The summed E-state index contributed by atoms with van der Waals surface area (Å²) >= 11 is 0. The van der Waals surface area contributed by atoms with Crippen molar-refractivity contribution in [1.82, 2.24) is 14.7 Å². The molecule has 5 aliphatic rings. The fraction of sp³-hybridized carbons (Fsp3) is 0.789. The molecule has 2 amide bonds. The standard InChI is InChI=1S/C19H27N3O3/c23-17(21-9-4-10-21)15-14-5-6-19(25-14)13-22(18(24)16(15)19)12-11-20-7-2-1-3-8-20/h5-6,14-16H,1-4,7-13H2/t14-,15-,16-,19-/m0/s1. The Morgan fingerprint density at radius 3 is 2.64 bits per heavy atom. The molecule has 5 heterocycles. The summed E-state index contributed by atoms with van der Waals surface area (Å²) in [6.07, 6.45) is 8.80. The van der Waals surface area contributed by atoms with Crippen molar-refractivity contribution >= 4 is 11.8 Å². The van der Waals surface area contributed by atoms with Gasteiger partial charge in [-0.25, -0.2) is 0 Å². The normalized spacial score (nSPS) is 39.8. The van der Waals surface area contributed by atoms with Gasteiger partial charge in [0.1, 0.15) is 5.60 Å². The number of piperidine rings is 1. The van der Waals surface area contributed by atoms with Crippen LogP contribution in [0.2, 0.25) is 0 Å². The third-order valence-corrected chi connectivity index (χ3v) is 6.77. The monoisotopic (exact) mass is 345 g/mol. The number of likely N-dealkylation sites (tertiary alicyclic amines) is 3. The molecule has 0 unspecified atom stereocenters. The molecule has 4 atom stereocenters. The molecule has 4 saturated heterocycles. The molecule has 0 N–H and O–H groups in total. The Hall–Kier alpha value is -1.40. The molecule has 0 saturated carbocycles. The van der Waals surface area contributed by atoms with E-state index in [1.54, 1.807) is 0 Å². The molecule has 0 radical (unpaired) electrons. The molecule has 5 aliphatic heterocycles. The maximum atomic E-state index is 13.1. The first-order chi connectivity index (χ1) is 12.2. The Balaban J connectivity index is 1.30. The van der Waals surface area contributed by atoms with Gasteiger partial charge in [0.15, 0.2) is 0 Å². The van der Waals surface area contributed by atoms with Gasteiger partial charge in [-0.1, -0.05) is 18.6 Å². The highest BCUT2D eigenvalue weighted by Crippen LogP contribution is 2.52. The fourth-order valence-electron chi connectivity index (χ4n) is 5.24. The van der Waals surface area contributed by atoms with Gasteiger partial charge < -0.3 is 19.4 Å². The van der Waals surface area contributed by atoms with Crippen molar-refractivity contribution in [3.63, 3.8) is 0 Å². The smallest absolute Gasteiger partial charge is 0.230 e. The number of amides is 2. The molecule has 6 heteroatoms. The zero-order valence-electron chi connectivity index (χ0n) is 14.7. The van der Waals surface area contributed by atoms with Crippen LogP contribution in [0.4, 0.5) is 0 Å². The zero-order chi connectivity index (χ0) is 17.0. The minimum atomic E-state index is -0.547.